The highest BCUT2D eigenvalue weighted by Gasteiger charge is 2.17. The van der Waals surface area contributed by atoms with Crippen LogP contribution in [0.25, 0.3) is 0 Å². The van der Waals surface area contributed by atoms with Crippen molar-refractivity contribution < 1.29 is 0 Å². The Morgan fingerprint density at radius 1 is 1.40 bits per heavy atom. The molecule has 0 aliphatic rings. The summed E-state index contributed by atoms with van der Waals surface area (Å²) in [5.74, 6) is 1.03. The first-order valence-electron chi connectivity index (χ1n) is 6.38. The summed E-state index contributed by atoms with van der Waals surface area (Å²) < 4.78 is 0. The molecule has 2 aromatic heterocycles. The largest absolute Gasteiger partial charge is 0.370 e. The Labute approximate surface area is 123 Å². The van der Waals surface area contributed by atoms with Crippen molar-refractivity contribution in [1.29, 1.82) is 0 Å². The summed E-state index contributed by atoms with van der Waals surface area (Å²) in [6.45, 7) is 6.91. The molecule has 6 heteroatoms. The van der Waals surface area contributed by atoms with Crippen LogP contribution < -0.4 is 11.1 Å². The number of hydrogen-bond acceptors (Lipinski definition) is 4. The number of pyridine rings is 1. The lowest BCUT2D eigenvalue weighted by Gasteiger charge is -2.14. The highest BCUT2D eigenvalue weighted by atomic mass is 32.1. The molecular weight excluding hydrogens is 270 g/mol. The molecule has 2 heterocycles. The van der Waals surface area contributed by atoms with Crippen molar-refractivity contribution in [2.24, 2.45) is 10.7 Å². The van der Waals surface area contributed by atoms with Crippen molar-refractivity contribution in [3.8, 4) is 0 Å². The Bertz CT molecular complexity index is 583. The van der Waals surface area contributed by atoms with E-state index in [1.807, 2.05) is 18.2 Å². The smallest absolute Gasteiger partial charge is 0.194 e. The fourth-order valence-electron chi connectivity index (χ4n) is 1.49. The number of nitrogens with one attached hydrogen (secondary N) is 1. The second-order valence-corrected chi connectivity index (χ2v) is 6.36. The fraction of sp³-hybridized carbons (Fsp3) is 0.357. The van der Waals surface area contributed by atoms with Gasteiger partial charge < -0.3 is 11.1 Å². The van der Waals surface area contributed by atoms with Crippen LogP contribution in [0.2, 0.25) is 0 Å². The van der Waals surface area contributed by atoms with Gasteiger partial charge in [0.25, 0.3) is 0 Å². The van der Waals surface area contributed by atoms with E-state index in [9.17, 15) is 0 Å². The molecule has 0 unspecified atom stereocenters. The number of nitrogens with two attached hydrogens (primary N) is 1. The first kappa shape index (κ1) is 14.5. The highest BCUT2D eigenvalue weighted by Crippen LogP contribution is 2.24. The van der Waals surface area contributed by atoms with Gasteiger partial charge in [-0.15, -0.1) is 11.3 Å². The molecular formula is C14H19N5S. The lowest BCUT2D eigenvalue weighted by atomic mass is 9.93. The molecule has 0 amide bonds. The lowest BCUT2D eigenvalue weighted by molar-refractivity contribution is 0.571. The third-order valence-electron chi connectivity index (χ3n) is 2.63. The number of aliphatic imine (C=N–C) groups is 1. The van der Waals surface area contributed by atoms with Gasteiger partial charge in [-0.2, -0.15) is 0 Å². The molecule has 3 N–H and O–H groups in total. The van der Waals surface area contributed by atoms with Crippen LogP contribution in [-0.2, 0) is 12.0 Å². The van der Waals surface area contributed by atoms with Crippen LogP contribution in [0.4, 0.5) is 5.82 Å². The molecule has 0 aliphatic heterocycles. The summed E-state index contributed by atoms with van der Waals surface area (Å²) in [4.78, 5) is 13.0. The van der Waals surface area contributed by atoms with Crippen LogP contribution in [0.5, 0.6) is 0 Å². The third-order valence-corrected chi connectivity index (χ3v) is 3.46. The minimum atomic E-state index is 0.0657. The van der Waals surface area contributed by atoms with Gasteiger partial charge in [0, 0.05) is 17.0 Å². The summed E-state index contributed by atoms with van der Waals surface area (Å²) in [7, 11) is 0. The Morgan fingerprint density at radius 2 is 2.20 bits per heavy atom. The van der Waals surface area contributed by atoms with Crippen molar-refractivity contribution in [3.05, 3.63) is 40.5 Å². The van der Waals surface area contributed by atoms with Gasteiger partial charge in [-0.05, 0) is 12.1 Å². The van der Waals surface area contributed by atoms with Crippen molar-refractivity contribution in [1.82, 2.24) is 9.97 Å². The van der Waals surface area contributed by atoms with E-state index in [-0.39, 0.29) is 5.41 Å². The summed E-state index contributed by atoms with van der Waals surface area (Å²) >= 11 is 1.61. The van der Waals surface area contributed by atoms with E-state index >= 15 is 0 Å². The molecule has 0 radical (unpaired) electrons. The second kappa shape index (κ2) is 6.00. The zero-order valence-corrected chi connectivity index (χ0v) is 12.7. The van der Waals surface area contributed by atoms with E-state index in [0.717, 1.165) is 10.7 Å². The van der Waals surface area contributed by atoms with Gasteiger partial charge in [-0.1, -0.05) is 26.8 Å². The van der Waals surface area contributed by atoms with Crippen molar-refractivity contribution in [2.75, 3.05) is 5.32 Å². The number of nitrogens with zero attached hydrogens (tertiary/aromatic N) is 3. The molecule has 20 heavy (non-hydrogen) atoms. The maximum Gasteiger partial charge on any atom is 0.194 e. The zero-order chi connectivity index (χ0) is 14.6. The van der Waals surface area contributed by atoms with Crippen LogP contribution in [0, 0.1) is 0 Å². The second-order valence-electron chi connectivity index (χ2n) is 5.42. The number of thiazole rings is 1. The van der Waals surface area contributed by atoms with Gasteiger partial charge in [0.1, 0.15) is 10.8 Å². The Morgan fingerprint density at radius 3 is 2.80 bits per heavy atom. The number of guanidine groups is 1. The van der Waals surface area contributed by atoms with E-state index in [1.54, 1.807) is 17.5 Å². The number of anilines is 1. The molecule has 0 atom stereocenters. The summed E-state index contributed by atoms with van der Waals surface area (Å²) in [5, 5.41) is 5.98. The number of rotatable bonds is 3. The van der Waals surface area contributed by atoms with E-state index < -0.39 is 0 Å². The molecule has 0 saturated carbocycles. The molecule has 106 valence electrons. The van der Waals surface area contributed by atoms with Crippen LogP contribution in [0.15, 0.2) is 34.8 Å². The van der Waals surface area contributed by atoms with Crippen LogP contribution in [0.1, 0.15) is 31.5 Å². The van der Waals surface area contributed by atoms with Gasteiger partial charge >= 0.3 is 0 Å². The molecule has 0 spiro atoms. The predicted octanol–water partition coefficient (Wildman–Crippen LogP) is 2.76. The van der Waals surface area contributed by atoms with Gasteiger partial charge in [0.15, 0.2) is 5.96 Å². The maximum absolute atomic E-state index is 5.82. The molecule has 0 saturated heterocycles. The molecule has 0 aliphatic carbocycles. The number of aromatic nitrogens is 2. The summed E-state index contributed by atoms with van der Waals surface area (Å²) in [5.41, 5.74) is 6.97. The first-order chi connectivity index (χ1) is 9.45. The molecule has 0 bridgehead atoms. The van der Waals surface area contributed by atoms with Crippen molar-refractivity contribution >= 4 is 23.1 Å². The van der Waals surface area contributed by atoms with Crippen molar-refractivity contribution in [3.63, 3.8) is 0 Å². The fourth-order valence-corrected chi connectivity index (χ4v) is 2.43. The van der Waals surface area contributed by atoms with Crippen LogP contribution in [0.3, 0.4) is 0 Å². The predicted molar refractivity (Wildman–Crippen MR) is 84.0 cm³/mol. The Hall–Kier alpha value is -1.95. The monoisotopic (exact) mass is 289 g/mol. The van der Waals surface area contributed by atoms with Gasteiger partial charge in [-0.3, -0.25) is 0 Å². The summed E-state index contributed by atoms with van der Waals surface area (Å²) in [6, 6.07) is 5.57. The normalized spacial score (nSPS) is 12.4. The standard InChI is InChI=1S/C14H19N5S/c1-14(2,3)10-9-20-12(18-10)8-17-13(15)19-11-6-4-5-7-16-11/h4-7,9H,8H2,1-3H3,(H3,15,16,17,19). The Kier molecular flexibility index (Phi) is 4.34. The van der Waals surface area contributed by atoms with E-state index in [4.69, 9.17) is 5.73 Å². The number of hydrogen-bond donors (Lipinski definition) is 2. The Balaban J connectivity index is 1.97. The average molecular weight is 289 g/mol. The SMILES string of the molecule is CC(C)(C)c1csc(CN=C(N)Nc2ccccn2)n1. The van der Waals surface area contributed by atoms with Gasteiger partial charge in [0.2, 0.25) is 0 Å². The van der Waals surface area contributed by atoms with E-state index in [0.29, 0.717) is 18.3 Å². The molecule has 5 nitrogen and oxygen atoms in total. The van der Waals surface area contributed by atoms with Gasteiger partial charge in [0.05, 0.1) is 12.2 Å². The third kappa shape index (κ3) is 4.03. The minimum absolute atomic E-state index is 0.0657. The highest BCUT2D eigenvalue weighted by molar-refractivity contribution is 7.09. The van der Waals surface area contributed by atoms with Crippen LogP contribution >= 0.6 is 11.3 Å². The molecule has 0 fully saturated rings. The van der Waals surface area contributed by atoms with Crippen molar-refractivity contribution in [2.45, 2.75) is 32.7 Å². The maximum atomic E-state index is 5.82. The van der Waals surface area contributed by atoms with E-state index in [2.05, 4.69) is 46.4 Å². The van der Waals surface area contributed by atoms with Crippen LogP contribution in [-0.4, -0.2) is 15.9 Å². The molecule has 2 aromatic rings. The zero-order valence-electron chi connectivity index (χ0n) is 11.9. The molecule has 0 aromatic carbocycles. The lowest BCUT2D eigenvalue weighted by Crippen LogP contribution is -2.23. The van der Waals surface area contributed by atoms with Gasteiger partial charge in [-0.25, -0.2) is 15.0 Å². The van der Waals surface area contributed by atoms with E-state index in [1.165, 1.54) is 0 Å². The molecule has 2 rings (SSSR count). The summed E-state index contributed by atoms with van der Waals surface area (Å²) in [6.07, 6.45) is 1.70. The quantitative estimate of drug-likeness (QED) is 0.673. The average Bonchev–Trinajstić information content (AvgIpc) is 2.86. The topological polar surface area (TPSA) is 76.2 Å². The first-order valence-corrected chi connectivity index (χ1v) is 7.26. The minimum Gasteiger partial charge on any atom is -0.370 e.